The number of carbonyl (C=O) groups excluding carboxylic acids is 1. The molecule has 0 aromatic rings. The second-order valence-electron chi connectivity index (χ2n) is 4.98. The molecule has 0 spiro atoms. The van der Waals surface area contributed by atoms with E-state index < -0.39 is 0 Å². The van der Waals surface area contributed by atoms with Crippen LogP contribution in [0.2, 0.25) is 0 Å². The maximum Gasteiger partial charge on any atom is 0.146 e. The normalized spacial score (nSPS) is 12.1. The minimum absolute atomic E-state index is 0. The molecule has 122 valence electrons. The number of Topliss-reactive ketones (excluding diaryl/α,β-unsaturated/α-hetero) is 1. The maximum absolute atomic E-state index is 10.6. The summed E-state index contributed by atoms with van der Waals surface area (Å²) in [5.74, 6) is 0.604. The van der Waals surface area contributed by atoms with Gasteiger partial charge < -0.3 is 5.73 Å². The first kappa shape index (κ1) is 27.4. The smallest absolute Gasteiger partial charge is 0.146 e. The van der Waals surface area contributed by atoms with Crippen molar-refractivity contribution in [1.82, 2.24) is 0 Å². The summed E-state index contributed by atoms with van der Waals surface area (Å²) >= 11 is 0. The summed E-state index contributed by atoms with van der Waals surface area (Å²) in [5.41, 5.74) is 6.82. The molecule has 0 heterocycles. The Morgan fingerprint density at radius 1 is 1.25 bits per heavy atom. The molecular formula is C17H38N2O. The van der Waals surface area contributed by atoms with Crippen molar-refractivity contribution in [3.05, 3.63) is 11.8 Å². The molecule has 0 saturated heterocycles. The minimum atomic E-state index is -0.245. The van der Waals surface area contributed by atoms with E-state index in [1.807, 2.05) is 13.1 Å². The molecule has 0 rings (SSSR count). The molecule has 3 nitrogen and oxygen atoms in total. The number of rotatable bonds is 6. The van der Waals surface area contributed by atoms with Crippen LogP contribution in [0.15, 0.2) is 16.8 Å². The quantitative estimate of drug-likeness (QED) is 0.698. The van der Waals surface area contributed by atoms with Gasteiger partial charge in [0.25, 0.3) is 0 Å². The van der Waals surface area contributed by atoms with Gasteiger partial charge in [0, 0.05) is 12.4 Å². The molecule has 0 aliphatic rings. The van der Waals surface area contributed by atoms with Gasteiger partial charge in [-0.05, 0) is 39.5 Å². The molecule has 0 fully saturated rings. The Kier molecular flexibility index (Phi) is 24.7. The fourth-order valence-electron chi connectivity index (χ4n) is 1.33. The molecule has 0 aromatic heterocycles. The number of nitrogens with zero attached hydrogens (tertiary/aromatic N) is 1. The average molecular weight is 287 g/mol. The summed E-state index contributed by atoms with van der Waals surface area (Å²) in [6.45, 7) is 11.9. The van der Waals surface area contributed by atoms with Crippen LogP contribution in [0.1, 0.15) is 75.7 Å². The highest BCUT2D eigenvalue weighted by Gasteiger charge is 2.08. The zero-order valence-electron chi connectivity index (χ0n) is 12.9. The molecule has 0 unspecified atom stereocenters. The number of carbonyl (C=O) groups is 1. The van der Waals surface area contributed by atoms with E-state index in [1.54, 1.807) is 6.21 Å². The Hall–Kier alpha value is -0.960. The van der Waals surface area contributed by atoms with Crippen LogP contribution in [0.3, 0.4) is 0 Å². The van der Waals surface area contributed by atoms with E-state index in [0.717, 1.165) is 12.8 Å². The minimum Gasteiger partial charge on any atom is -0.322 e. The van der Waals surface area contributed by atoms with Crippen molar-refractivity contribution < 1.29 is 4.79 Å². The Morgan fingerprint density at radius 2 is 1.75 bits per heavy atom. The fraction of sp³-hybridized carbons (Fsp3) is 0.765. The summed E-state index contributed by atoms with van der Waals surface area (Å²) in [4.78, 5) is 14.6. The molecule has 3 heteroatoms. The van der Waals surface area contributed by atoms with Crippen LogP contribution in [-0.2, 0) is 4.79 Å². The predicted octanol–water partition coefficient (Wildman–Crippen LogP) is 5.00. The highest BCUT2D eigenvalue weighted by molar-refractivity contribution is 5.81. The third-order valence-electron chi connectivity index (χ3n) is 2.34. The second-order valence-corrected chi connectivity index (χ2v) is 4.98. The third-order valence-corrected chi connectivity index (χ3v) is 2.34. The molecule has 0 bridgehead atoms. The van der Waals surface area contributed by atoms with Crippen molar-refractivity contribution in [3.8, 4) is 0 Å². The van der Waals surface area contributed by atoms with Crippen LogP contribution >= 0.6 is 0 Å². The predicted molar refractivity (Wildman–Crippen MR) is 94.4 cm³/mol. The summed E-state index contributed by atoms with van der Waals surface area (Å²) in [7, 11) is 0. The summed E-state index contributed by atoms with van der Waals surface area (Å²) in [6.07, 6.45) is 6.90. The Morgan fingerprint density at radius 3 is 2.00 bits per heavy atom. The molecule has 1 atom stereocenters. The van der Waals surface area contributed by atoms with Gasteiger partial charge in [-0.15, -0.1) is 0 Å². The van der Waals surface area contributed by atoms with Gasteiger partial charge in [0.15, 0.2) is 0 Å². The standard InChI is InChI=1S/C8H15N.C7H15NO.2CH4/c1-4-6-8(3)7-9-5-2;1-5(2)4-7(8)6(3)9;;/h5,7H,4,6H2,1-3H3;5,7H,4,8H2,1-3H3;2*1H4/b8-7+,9-5?;;;/t;7-;;/m.0../s1. The van der Waals surface area contributed by atoms with Gasteiger partial charge in [-0.25, -0.2) is 0 Å². The van der Waals surface area contributed by atoms with Gasteiger partial charge in [0.2, 0.25) is 0 Å². The summed E-state index contributed by atoms with van der Waals surface area (Å²) in [5, 5.41) is 0. The molecule has 0 aliphatic heterocycles. The van der Waals surface area contributed by atoms with Crippen LogP contribution in [-0.4, -0.2) is 18.0 Å². The number of allylic oxidation sites excluding steroid dienone is 1. The van der Waals surface area contributed by atoms with Crippen molar-refractivity contribution >= 4 is 12.0 Å². The zero-order valence-corrected chi connectivity index (χ0v) is 12.9. The van der Waals surface area contributed by atoms with Crippen LogP contribution in [0.25, 0.3) is 0 Å². The van der Waals surface area contributed by atoms with Gasteiger partial charge >= 0.3 is 0 Å². The largest absolute Gasteiger partial charge is 0.322 e. The number of ketones is 1. The van der Waals surface area contributed by atoms with Gasteiger partial charge in [-0.2, -0.15) is 0 Å². The van der Waals surface area contributed by atoms with Crippen molar-refractivity contribution in [2.75, 3.05) is 0 Å². The third kappa shape index (κ3) is 22.2. The zero-order chi connectivity index (χ0) is 14.6. The molecule has 0 radical (unpaired) electrons. The molecule has 2 N–H and O–H groups in total. The van der Waals surface area contributed by atoms with E-state index in [-0.39, 0.29) is 26.7 Å². The Balaban J connectivity index is -0.000000116. The van der Waals surface area contributed by atoms with Crippen LogP contribution in [0, 0.1) is 5.92 Å². The van der Waals surface area contributed by atoms with E-state index in [1.165, 1.54) is 18.9 Å². The first-order chi connectivity index (χ1) is 8.34. The monoisotopic (exact) mass is 286 g/mol. The number of nitrogens with two attached hydrogens (primary N) is 1. The first-order valence-corrected chi connectivity index (χ1v) is 6.74. The fourth-order valence-corrected chi connectivity index (χ4v) is 1.33. The number of hydrogen-bond donors (Lipinski definition) is 1. The van der Waals surface area contributed by atoms with Crippen molar-refractivity contribution in [2.45, 2.75) is 81.7 Å². The average Bonchev–Trinajstić information content (AvgIpc) is 2.26. The van der Waals surface area contributed by atoms with E-state index in [9.17, 15) is 4.79 Å². The lowest BCUT2D eigenvalue weighted by Gasteiger charge is -2.08. The maximum atomic E-state index is 10.6. The summed E-state index contributed by atoms with van der Waals surface area (Å²) < 4.78 is 0. The van der Waals surface area contributed by atoms with E-state index in [0.29, 0.717) is 5.92 Å². The van der Waals surface area contributed by atoms with Gasteiger partial charge in [0.1, 0.15) is 5.78 Å². The Labute approximate surface area is 127 Å². The Bertz CT molecular complexity index is 268. The first-order valence-electron chi connectivity index (χ1n) is 6.74. The van der Waals surface area contributed by atoms with Crippen molar-refractivity contribution in [2.24, 2.45) is 16.6 Å². The molecular weight excluding hydrogens is 248 g/mol. The van der Waals surface area contributed by atoms with E-state index in [4.69, 9.17) is 5.73 Å². The lowest BCUT2D eigenvalue weighted by molar-refractivity contribution is -0.118. The van der Waals surface area contributed by atoms with Crippen molar-refractivity contribution in [1.29, 1.82) is 0 Å². The van der Waals surface area contributed by atoms with Gasteiger partial charge in [0.05, 0.1) is 6.04 Å². The summed E-state index contributed by atoms with van der Waals surface area (Å²) in [6, 6.07) is -0.245. The molecule has 0 aliphatic carbocycles. The van der Waals surface area contributed by atoms with Gasteiger partial charge in [-0.1, -0.05) is 47.6 Å². The SMILES string of the molecule is C.C.CC(=O)[C@@H](N)CC(C)C.CC=N/C=C(\C)CCC. The lowest BCUT2D eigenvalue weighted by atomic mass is 10.0. The molecule has 0 saturated carbocycles. The lowest BCUT2D eigenvalue weighted by Crippen LogP contribution is -2.29. The van der Waals surface area contributed by atoms with E-state index in [2.05, 4.69) is 32.7 Å². The number of hydrogen-bond acceptors (Lipinski definition) is 3. The van der Waals surface area contributed by atoms with Gasteiger partial charge in [-0.3, -0.25) is 9.79 Å². The molecule has 0 aromatic carbocycles. The number of aliphatic imine (C=N–C) groups is 1. The highest BCUT2D eigenvalue weighted by Crippen LogP contribution is 2.02. The molecule has 0 amide bonds. The second kappa shape index (κ2) is 18.0. The van der Waals surface area contributed by atoms with Crippen LogP contribution in [0.4, 0.5) is 0 Å². The van der Waals surface area contributed by atoms with Crippen LogP contribution < -0.4 is 5.73 Å². The van der Waals surface area contributed by atoms with E-state index >= 15 is 0 Å². The van der Waals surface area contributed by atoms with Crippen LogP contribution in [0.5, 0.6) is 0 Å². The topological polar surface area (TPSA) is 55.5 Å². The molecule has 20 heavy (non-hydrogen) atoms. The van der Waals surface area contributed by atoms with Crippen molar-refractivity contribution in [3.63, 3.8) is 0 Å². The highest BCUT2D eigenvalue weighted by atomic mass is 16.1.